The second kappa shape index (κ2) is 5.93. The number of carboxylic acid groups (broad SMARTS) is 1. The average molecular weight is 349 g/mol. The highest BCUT2D eigenvalue weighted by atomic mass is 35.5. The Kier molecular flexibility index (Phi) is 4.41. The third-order valence-electron chi connectivity index (χ3n) is 2.57. The number of carboxylic acids is 1. The minimum atomic E-state index is -1.33. The molecule has 0 fully saturated rings. The molecule has 1 aromatic heterocycles. The maximum atomic E-state index is 11.1. The smallest absolute Gasteiger partial charge is 0.356 e. The van der Waals surface area contributed by atoms with Gasteiger partial charge in [0.15, 0.2) is 17.3 Å². The standard InChI is InChI=1S/C12H8Cl3N3O3/c1-21-9-5(13)3-2-4(6(9)14)11-17-8(12(19)20)7(15)10(16)18-11/h2-3H,1H3,(H,19,20)(H2,16,17,18). The summed E-state index contributed by atoms with van der Waals surface area (Å²) in [5.41, 5.74) is 5.51. The van der Waals surface area contributed by atoms with Gasteiger partial charge in [0.1, 0.15) is 10.8 Å². The molecule has 0 radical (unpaired) electrons. The third-order valence-corrected chi connectivity index (χ3v) is 3.62. The molecule has 0 bridgehead atoms. The first-order chi connectivity index (χ1) is 9.86. The summed E-state index contributed by atoms with van der Waals surface area (Å²) in [6, 6.07) is 3.05. The molecular weight excluding hydrogens is 341 g/mol. The van der Waals surface area contributed by atoms with Gasteiger partial charge in [-0.1, -0.05) is 34.8 Å². The Bertz CT molecular complexity index is 737. The molecule has 0 spiro atoms. The molecule has 2 rings (SSSR count). The van der Waals surface area contributed by atoms with Crippen molar-refractivity contribution in [1.82, 2.24) is 9.97 Å². The van der Waals surface area contributed by atoms with Crippen molar-refractivity contribution in [3.05, 3.63) is 32.9 Å². The Balaban J connectivity index is 2.71. The molecule has 3 N–H and O–H groups in total. The number of halogens is 3. The Labute approximate surface area is 134 Å². The van der Waals surface area contributed by atoms with Crippen LogP contribution in [0.4, 0.5) is 5.82 Å². The Morgan fingerprint density at radius 2 is 1.90 bits per heavy atom. The van der Waals surface area contributed by atoms with Crippen LogP contribution in [0.1, 0.15) is 10.5 Å². The number of rotatable bonds is 3. The fourth-order valence-electron chi connectivity index (χ4n) is 1.62. The van der Waals surface area contributed by atoms with Crippen molar-refractivity contribution in [2.45, 2.75) is 0 Å². The lowest BCUT2D eigenvalue weighted by Gasteiger charge is -2.11. The molecule has 1 aromatic carbocycles. The van der Waals surface area contributed by atoms with E-state index in [0.717, 1.165) is 0 Å². The number of hydrogen-bond acceptors (Lipinski definition) is 5. The third kappa shape index (κ3) is 2.83. The van der Waals surface area contributed by atoms with E-state index in [1.165, 1.54) is 19.2 Å². The molecule has 6 nitrogen and oxygen atoms in total. The Hall–Kier alpha value is -1.76. The predicted octanol–water partition coefficient (Wildman–Crippen LogP) is 3.39. The molecule has 2 aromatic rings. The molecule has 0 saturated heterocycles. The predicted molar refractivity (Wildman–Crippen MR) is 80.4 cm³/mol. The maximum absolute atomic E-state index is 11.1. The van der Waals surface area contributed by atoms with E-state index in [-0.39, 0.29) is 27.4 Å². The van der Waals surface area contributed by atoms with E-state index in [9.17, 15) is 4.79 Å². The minimum absolute atomic E-state index is 0.00858. The molecule has 0 aliphatic carbocycles. The van der Waals surface area contributed by atoms with Crippen molar-refractivity contribution in [3.8, 4) is 17.1 Å². The number of carbonyl (C=O) groups is 1. The average Bonchev–Trinajstić information content (AvgIpc) is 2.42. The molecule has 1 heterocycles. The SMILES string of the molecule is COc1c(Cl)ccc(-c2nc(N)c(Cl)c(C(=O)O)n2)c1Cl. The fourth-order valence-corrected chi connectivity index (χ4v) is 2.39. The van der Waals surface area contributed by atoms with E-state index in [1.54, 1.807) is 0 Å². The monoisotopic (exact) mass is 347 g/mol. The molecule has 0 amide bonds. The summed E-state index contributed by atoms with van der Waals surface area (Å²) in [5.74, 6) is -1.25. The molecular formula is C12H8Cl3N3O3. The van der Waals surface area contributed by atoms with Crippen molar-refractivity contribution >= 4 is 46.6 Å². The number of nitrogens with two attached hydrogens (primary N) is 1. The van der Waals surface area contributed by atoms with Gasteiger partial charge in [0, 0.05) is 5.56 Å². The van der Waals surface area contributed by atoms with Crippen LogP contribution in [0.25, 0.3) is 11.4 Å². The van der Waals surface area contributed by atoms with E-state index in [0.29, 0.717) is 10.6 Å². The maximum Gasteiger partial charge on any atom is 0.356 e. The van der Waals surface area contributed by atoms with E-state index in [1.807, 2.05) is 0 Å². The molecule has 0 saturated carbocycles. The van der Waals surface area contributed by atoms with Crippen LogP contribution in [0, 0.1) is 0 Å². The molecule has 21 heavy (non-hydrogen) atoms. The number of aromatic carboxylic acids is 1. The van der Waals surface area contributed by atoms with Gasteiger partial charge in [-0.15, -0.1) is 0 Å². The Morgan fingerprint density at radius 3 is 2.48 bits per heavy atom. The zero-order valence-electron chi connectivity index (χ0n) is 10.5. The quantitative estimate of drug-likeness (QED) is 0.882. The van der Waals surface area contributed by atoms with Crippen molar-refractivity contribution in [3.63, 3.8) is 0 Å². The van der Waals surface area contributed by atoms with Gasteiger partial charge in [-0.3, -0.25) is 0 Å². The normalized spacial score (nSPS) is 10.5. The number of benzene rings is 1. The van der Waals surface area contributed by atoms with Gasteiger partial charge in [-0.2, -0.15) is 0 Å². The van der Waals surface area contributed by atoms with Crippen LogP contribution in [-0.2, 0) is 0 Å². The van der Waals surface area contributed by atoms with Crippen LogP contribution in [0.15, 0.2) is 12.1 Å². The summed E-state index contributed by atoms with van der Waals surface area (Å²) < 4.78 is 5.08. The minimum Gasteiger partial charge on any atom is -0.494 e. The van der Waals surface area contributed by atoms with Gasteiger partial charge in [-0.25, -0.2) is 14.8 Å². The van der Waals surface area contributed by atoms with Crippen molar-refractivity contribution in [2.24, 2.45) is 0 Å². The topological polar surface area (TPSA) is 98.3 Å². The summed E-state index contributed by atoms with van der Waals surface area (Å²) >= 11 is 17.9. The lowest BCUT2D eigenvalue weighted by Crippen LogP contribution is -2.08. The number of nitrogen functional groups attached to an aromatic ring is 1. The van der Waals surface area contributed by atoms with E-state index in [4.69, 9.17) is 50.4 Å². The Morgan fingerprint density at radius 1 is 1.24 bits per heavy atom. The summed E-state index contributed by atoms with van der Waals surface area (Å²) in [7, 11) is 1.40. The van der Waals surface area contributed by atoms with Crippen LogP contribution in [0.3, 0.4) is 0 Å². The van der Waals surface area contributed by atoms with Gasteiger partial charge < -0.3 is 15.6 Å². The van der Waals surface area contributed by atoms with Crippen LogP contribution < -0.4 is 10.5 Å². The summed E-state index contributed by atoms with van der Waals surface area (Å²) in [6.45, 7) is 0. The summed E-state index contributed by atoms with van der Waals surface area (Å²) in [6.07, 6.45) is 0. The van der Waals surface area contributed by atoms with E-state index >= 15 is 0 Å². The molecule has 110 valence electrons. The zero-order valence-corrected chi connectivity index (χ0v) is 12.8. The largest absolute Gasteiger partial charge is 0.494 e. The summed E-state index contributed by atoms with van der Waals surface area (Å²) in [5, 5.41) is 9.27. The highest BCUT2D eigenvalue weighted by Crippen LogP contribution is 2.39. The van der Waals surface area contributed by atoms with Crippen molar-refractivity contribution in [2.75, 3.05) is 12.8 Å². The van der Waals surface area contributed by atoms with Crippen LogP contribution in [0.2, 0.25) is 15.1 Å². The van der Waals surface area contributed by atoms with Crippen molar-refractivity contribution < 1.29 is 14.6 Å². The molecule has 0 aliphatic rings. The van der Waals surface area contributed by atoms with Crippen LogP contribution in [-0.4, -0.2) is 28.2 Å². The lowest BCUT2D eigenvalue weighted by atomic mass is 10.2. The van der Waals surface area contributed by atoms with Gasteiger partial charge in [-0.05, 0) is 12.1 Å². The van der Waals surface area contributed by atoms with E-state index in [2.05, 4.69) is 9.97 Å². The van der Waals surface area contributed by atoms with Gasteiger partial charge in [0.2, 0.25) is 0 Å². The first-order valence-electron chi connectivity index (χ1n) is 5.45. The van der Waals surface area contributed by atoms with Crippen LogP contribution in [0.5, 0.6) is 5.75 Å². The van der Waals surface area contributed by atoms with Gasteiger partial charge in [0.05, 0.1) is 17.2 Å². The number of anilines is 1. The molecule has 0 unspecified atom stereocenters. The zero-order chi connectivity index (χ0) is 15.7. The first-order valence-corrected chi connectivity index (χ1v) is 6.58. The highest BCUT2D eigenvalue weighted by molar-refractivity contribution is 6.39. The number of ether oxygens (including phenoxy) is 1. The van der Waals surface area contributed by atoms with Gasteiger partial charge in [0.25, 0.3) is 0 Å². The summed E-state index contributed by atoms with van der Waals surface area (Å²) in [4.78, 5) is 18.9. The second-order valence-corrected chi connectivity index (χ2v) is 5.01. The number of methoxy groups -OCH3 is 1. The molecule has 0 aliphatic heterocycles. The number of nitrogens with zero attached hydrogens (tertiary/aromatic N) is 2. The fraction of sp³-hybridized carbons (Fsp3) is 0.0833. The molecule has 9 heteroatoms. The molecule has 0 atom stereocenters. The van der Waals surface area contributed by atoms with Crippen LogP contribution >= 0.6 is 34.8 Å². The van der Waals surface area contributed by atoms with Crippen molar-refractivity contribution in [1.29, 1.82) is 0 Å². The first kappa shape index (κ1) is 15.6. The second-order valence-electron chi connectivity index (χ2n) is 3.84. The number of hydrogen-bond donors (Lipinski definition) is 2. The highest BCUT2D eigenvalue weighted by Gasteiger charge is 2.20. The number of aromatic nitrogens is 2. The van der Waals surface area contributed by atoms with Gasteiger partial charge >= 0.3 is 5.97 Å². The lowest BCUT2D eigenvalue weighted by molar-refractivity contribution is 0.0690. The van der Waals surface area contributed by atoms with E-state index < -0.39 is 11.7 Å².